The van der Waals surface area contributed by atoms with Crippen LogP contribution in [0.3, 0.4) is 0 Å². The molecular formula is C12H11N5O2. The number of nitro benzene ring substituents is 1. The number of aromatic nitrogens is 2. The van der Waals surface area contributed by atoms with Crippen molar-refractivity contribution in [3.05, 3.63) is 52.1 Å². The summed E-state index contributed by atoms with van der Waals surface area (Å²) < 4.78 is 1.85. The van der Waals surface area contributed by atoms with Gasteiger partial charge in [-0.05, 0) is 6.07 Å². The largest absolute Gasteiger partial charge is 0.378 e. The van der Waals surface area contributed by atoms with Gasteiger partial charge < -0.3 is 9.88 Å². The Morgan fingerprint density at radius 3 is 2.95 bits per heavy atom. The molecule has 1 aromatic carbocycles. The summed E-state index contributed by atoms with van der Waals surface area (Å²) in [5, 5.41) is 22.7. The number of aryl methyl sites for hydroxylation is 1. The molecule has 96 valence electrons. The maximum atomic E-state index is 10.6. The van der Waals surface area contributed by atoms with Crippen molar-refractivity contribution >= 4 is 11.4 Å². The topological polar surface area (TPSA) is 96.8 Å². The molecule has 2 rings (SSSR count). The van der Waals surface area contributed by atoms with Gasteiger partial charge in [0.05, 0.1) is 34.7 Å². The first-order valence-electron chi connectivity index (χ1n) is 5.49. The quantitative estimate of drug-likeness (QED) is 0.665. The number of hydrogen-bond donors (Lipinski definition) is 1. The number of anilines is 1. The van der Waals surface area contributed by atoms with Crippen molar-refractivity contribution < 1.29 is 4.92 Å². The fraction of sp³-hybridized carbons (Fsp3) is 0.167. The number of nitriles is 1. The van der Waals surface area contributed by atoms with Crippen molar-refractivity contribution in [2.75, 3.05) is 5.32 Å². The molecule has 0 spiro atoms. The maximum Gasteiger partial charge on any atom is 0.270 e. The van der Waals surface area contributed by atoms with E-state index in [-0.39, 0.29) is 11.3 Å². The number of non-ortho nitro benzene ring substituents is 1. The van der Waals surface area contributed by atoms with Crippen LogP contribution in [0.15, 0.2) is 30.7 Å². The minimum Gasteiger partial charge on any atom is -0.378 e. The molecule has 0 saturated heterocycles. The lowest BCUT2D eigenvalue weighted by atomic mass is 10.1. The monoisotopic (exact) mass is 257 g/mol. The Morgan fingerprint density at radius 1 is 1.58 bits per heavy atom. The number of benzene rings is 1. The van der Waals surface area contributed by atoms with E-state index in [1.54, 1.807) is 12.5 Å². The van der Waals surface area contributed by atoms with E-state index in [1.165, 1.54) is 18.2 Å². The van der Waals surface area contributed by atoms with Gasteiger partial charge in [0.25, 0.3) is 5.69 Å². The third-order valence-corrected chi connectivity index (χ3v) is 2.71. The van der Waals surface area contributed by atoms with E-state index in [1.807, 2.05) is 17.7 Å². The number of rotatable bonds is 4. The summed E-state index contributed by atoms with van der Waals surface area (Å²) in [5.41, 5.74) is 1.66. The van der Waals surface area contributed by atoms with Crippen LogP contribution in [-0.2, 0) is 13.6 Å². The van der Waals surface area contributed by atoms with Crippen molar-refractivity contribution in [1.29, 1.82) is 5.26 Å². The first-order valence-corrected chi connectivity index (χ1v) is 5.49. The molecule has 0 unspecified atom stereocenters. The van der Waals surface area contributed by atoms with Crippen LogP contribution < -0.4 is 5.32 Å². The molecule has 0 aliphatic carbocycles. The predicted molar refractivity (Wildman–Crippen MR) is 68.3 cm³/mol. The smallest absolute Gasteiger partial charge is 0.270 e. The molecule has 0 radical (unpaired) electrons. The zero-order chi connectivity index (χ0) is 13.8. The van der Waals surface area contributed by atoms with E-state index in [0.717, 1.165) is 5.69 Å². The molecule has 0 bridgehead atoms. The lowest BCUT2D eigenvalue weighted by Crippen LogP contribution is -2.05. The third kappa shape index (κ3) is 2.69. The van der Waals surface area contributed by atoms with E-state index in [9.17, 15) is 10.1 Å². The summed E-state index contributed by atoms with van der Waals surface area (Å²) >= 11 is 0. The Morgan fingerprint density at radius 2 is 2.37 bits per heavy atom. The van der Waals surface area contributed by atoms with E-state index in [0.29, 0.717) is 12.2 Å². The number of nitrogens with one attached hydrogen (secondary N) is 1. The SMILES string of the molecule is Cn1cncc1CNc1ccc([N+](=O)[O-])cc1C#N. The molecule has 0 amide bonds. The van der Waals surface area contributed by atoms with E-state index >= 15 is 0 Å². The summed E-state index contributed by atoms with van der Waals surface area (Å²) in [6.07, 6.45) is 3.39. The minimum absolute atomic E-state index is 0.0948. The van der Waals surface area contributed by atoms with Crippen LogP contribution in [0.1, 0.15) is 11.3 Å². The second-order valence-electron chi connectivity index (χ2n) is 3.95. The standard InChI is InChI=1S/C12H11N5O2/c1-16-8-14-6-11(16)7-15-12-3-2-10(17(18)19)4-9(12)5-13/h2-4,6,8,15H,7H2,1H3. The fourth-order valence-electron chi connectivity index (χ4n) is 1.63. The van der Waals surface area contributed by atoms with Crippen molar-refractivity contribution in [2.45, 2.75) is 6.54 Å². The zero-order valence-electron chi connectivity index (χ0n) is 10.2. The van der Waals surface area contributed by atoms with Crippen LogP contribution in [0.5, 0.6) is 0 Å². The van der Waals surface area contributed by atoms with Gasteiger partial charge in [-0.2, -0.15) is 5.26 Å². The highest BCUT2D eigenvalue weighted by molar-refractivity contribution is 5.61. The molecule has 7 heteroatoms. The Labute approximate surface area is 109 Å². The van der Waals surface area contributed by atoms with Crippen LogP contribution >= 0.6 is 0 Å². The molecule has 19 heavy (non-hydrogen) atoms. The molecule has 0 atom stereocenters. The highest BCUT2D eigenvalue weighted by Crippen LogP contribution is 2.21. The van der Waals surface area contributed by atoms with Crippen LogP contribution in [0.2, 0.25) is 0 Å². The van der Waals surface area contributed by atoms with Crippen LogP contribution in [-0.4, -0.2) is 14.5 Å². The summed E-state index contributed by atoms with van der Waals surface area (Å²) in [7, 11) is 1.87. The predicted octanol–water partition coefficient (Wildman–Crippen LogP) is 1.81. The van der Waals surface area contributed by atoms with Crippen molar-refractivity contribution in [2.24, 2.45) is 7.05 Å². The molecule has 2 aromatic rings. The van der Waals surface area contributed by atoms with Crippen LogP contribution in [0.4, 0.5) is 11.4 Å². The van der Waals surface area contributed by atoms with Crippen LogP contribution in [0.25, 0.3) is 0 Å². The average Bonchev–Trinajstić information content (AvgIpc) is 2.81. The van der Waals surface area contributed by atoms with Gasteiger partial charge in [-0.15, -0.1) is 0 Å². The molecular weight excluding hydrogens is 246 g/mol. The van der Waals surface area contributed by atoms with Crippen LogP contribution in [0, 0.1) is 21.4 Å². The maximum absolute atomic E-state index is 10.6. The van der Waals surface area contributed by atoms with Crippen molar-refractivity contribution in [1.82, 2.24) is 9.55 Å². The normalized spacial score (nSPS) is 9.89. The zero-order valence-corrected chi connectivity index (χ0v) is 10.2. The van der Waals surface area contributed by atoms with Gasteiger partial charge in [0.15, 0.2) is 0 Å². The molecule has 1 N–H and O–H groups in total. The summed E-state index contributed by atoms with van der Waals surface area (Å²) in [5.74, 6) is 0. The van der Waals surface area contributed by atoms with Gasteiger partial charge in [0.2, 0.25) is 0 Å². The van der Waals surface area contributed by atoms with Gasteiger partial charge in [-0.3, -0.25) is 10.1 Å². The summed E-state index contributed by atoms with van der Waals surface area (Å²) in [6.45, 7) is 0.489. The van der Waals surface area contributed by atoms with Crippen molar-refractivity contribution in [3.63, 3.8) is 0 Å². The second-order valence-corrected chi connectivity index (χ2v) is 3.95. The van der Waals surface area contributed by atoms with Gasteiger partial charge in [0.1, 0.15) is 6.07 Å². The molecule has 0 saturated carbocycles. The Kier molecular flexibility index (Phi) is 3.43. The van der Waals surface area contributed by atoms with E-state index in [4.69, 9.17) is 5.26 Å². The van der Waals surface area contributed by atoms with E-state index < -0.39 is 4.92 Å². The van der Waals surface area contributed by atoms with Gasteiger partial charge in [0, 0.05) is 25.4 Å². The molecule has 0 aliphatic heterocycles. The Hall–Kier alpha value is -2.88. The summed E-state index contributed by atoms with van der Waals surface area (Å²) in [6, 6.07) is 6.10. The molecule has 1 heterocycles. The molecule has 1 aromatic heterocycles. The number of nitro groups is 1. The first kappa shape index (κ1) is 12.6. The van der Waals surface area contributed by atoms with Gasteiger partial charge in [-0.25, -0.2) is 4.98 Å². The molecule has 0 aliphatic rings. The van der Waals surface area contributed by atoms with E-state index in [2.05, 4.69) is 10.3 Å². The molecule has 0 fully saturated rings. The number of imidazole rings is 1. The van der Waals surface area contributed by atoms with Gasteiger partial charge in [-0.1, -0.05) is 0 Å². The Bertz CT molecular complexity index is 656. The van der Waals surface area contributed by atoms with Gasteiger partial charge >= 0.3 is 0 Å². The lowest BCUT2D eigenvalue weighted by molar-refractivity contribution is -0.384. The van der Waals surface area contributed by atoms with Crippen molar-refractivity contribution in [3.8, 4) is 6.07 Å². The third-order valence-electron chi connectivity index (χ3n) is 2.71. The summed E-state index contributed by atoms with van der Waals surface area (Å²) in [4.78, 5) is 14.1. The number of nitrogens with zero attached hydrogens (tertiary/aromatic N) is 4. The fourth-order valence-corrected chi connectivity index (χ4v) is 1.63. The minimum atomic E-state index is -0.522. The Balaban J connectivity index is 2.19. The number of hydrogen-bond acceptors (Lipinski definition) is 5. The first-order chi connectivity index (χ1) is 9.11. The average molecular weight is 257 g/mol. The highest BCUT2D eigenvalue weighted by Gasteiger charge is 2.10. The second kappa shape index (κ2) is 5.18. The molecule has 7 nitrogen and oxygen atoms in total. The highest BCUT2D eigenvalue weighted by atomic mass is 16.6. The lowest BCUT2D eigenvalue weighted by Gasteiger charge is -2.08.